The van der Waals surface area contributed by atoms with E-state index in [1.807, 2.05) is 0 Å². The number of amides is 2. The predicted molar refractivity (Wildman–Crippen MR) is 113 cm³/mol. The number of anilines is 2. The van der Waals surface area contributed by atoms with Crippen molar-refractivity contribution in [2.24, 2.45) is 0 Å². The Balaban J connectivity index is 1.44. The zero-order chi connectivity index (χ0) is 23.4. The standard InChI is InChI=1S/C20H13ClF3N7O2/c21-15-5-4-12(7-14(15)20(22,23)24)30-19(32)29-11-2-1-3-13(6-11)33-17-8-16(25-9-26-17)18-27-10-28-31-18/h1-10H,(H,27,28,31)(H2,29,30,32). The number of hydrogen-bond donors (Lipinski definition) is 3. The van der Waals surface area contributed by atoms with Gasteiger partial charge in [-0.1, -0.05) is 17.7 Å². The Hall–Kier alpha value is -4.19. The van der Waals surface area contributed by atoms with Crippen LogP contribution in [0.3, 0.4) is 0 Å². The molecule has 0 bridgehead atoms. The molecule has 2 heterocycles. The van der Waals surface area contributed by atoms with E-state index < -0.39 is 22.8 Å². The van der Waals surface area contributed by atoms with Crippen molar-refractivity contribution in [2.75, 3.05) is 10.6 Å². The van der Waals surface area contributed by atoms with Gasteiger partial charge in [0.1, 0.15) is 24.1 Å². The molecule has 13 heteroatoms. The Kier molecular flexibility index (Phi) is 6.09. The molecule has 168 valence electrons. The van der Waals surface area contributed by atoms with Crippen molar-refractivity contribution in [1.82, 2.24) is 25.1 Å². The average Bonchev–Trinajstić information content (AvgIpc) is 3.30. The van der Waals surface area contributed by atoms with E-state index in [9.17, 15) is 18.0 Å². The molecule has 3 N–H and O–H groups in total. The van der Waals surface area contributed by atoms with E-state index >= 15 is 0 Å². The van der Waals surface area contributed by atoms with Crippen LogP contribution in [0.25, 0.3) is 11.5 Å². The second-order valence-corrected chi connectivity index (χ2v) is 6.88. The van der Waals surface area contributed by atoms with Crippen LogP contribution in [0.15, 0.2) is 61.2 Å². The first-order chi connectivity index (χ1) is 15.8. The number of benzene rings is 2. The molecule has 2 aromatic carbocycles. The highest BCUT2D eigenvalue weighted by Crippen LogP contribution is 2.36. The maximum Gasteiger partial charge on any atom is 0.417 e. The lowest BCUT2D eigenvalue weighted by Gasteiger charge is -2.13. The van der Waals surface area contributed by atoms with Gasteiger partial charge in [-0.3, -0.25) is 5.10 Å². The Bertz CT molecular complexity index is 1280. The fourth-order valence-corrected chi connectivity index (χ4v) is 2.95. The van der Waals surface area contributed by atoms with Gasteiger partial charge >= 0.3 is 12.2 Å². The number of carbonyl (C=O) groups is 1. The van der Waals surface area contributed by atoms with Crippen LogP contribution in [0, 0.1) is 0 Å². The van der Waals surface area contributed by atoms with Gasteiger partial charge in [-0.25, -0.2) is 19.7 Å². The molecule has 0 radical (unpaired) electrons. The molecule has 0 saturated carbocycles. The first kappa shape index (κ1) is 22.0. The normalized spacial score (nSPS) is 11.2. The number of H-pyrrole nitrogens is 1. The lowest BCUT2D eigenvalue weighted by Crippen LogP contribution is -2.20. The summed E-state index contributed by atoms with van der Waals surface area (Å²) in [4.78, 5) is 24.4. The molecule has 0 aliphatic heterocycles. The number of carbonyl (C=O) groups excluding carboxylic acids is 1. The summed E-state index contributed by atoms with van der Waals surface area (Å²) in [5, 5.41) is 10.8. The number of urea groups is 1. The van der Waals surface area contributed by atoms with Crippen molar-refractivity contribution >= 4 is 29.0 Å². The van der Waals surface area contributed by atoms with Gasteiger partial charge in [-0.15, -0.1) is 0 Å². The van der Waals surface area contributed by atoms with Gasteiger partial charge in [-0.2, -0.15) is 18.3 Å². The van der Waals surface area contributed by atoms with Gasteiger partial charge in [0.2, 0.25) is 5.88 Å². The SMILES string of the molecule is O=C(Nc1cccc(Oc2cc(-c3ncn[nH]3)ncn2)c1)Nc1ccc(Cl)c(C(F)(F)F)c1. The summed E-state index contributed by atoms with van der Waals surface area (Å²) in [5.74, 6) is 1.00. The Labute approximate surface area is 189 Å². The van der Waals surface area contributed by atoms with Gasteiger partial charge in [0.25, 0.3) is 0 Å². The van der Waals surface area contributed by atoms with Gasteiger partial charge in [0.05, 0.1) is 10.6 Å². The minimum Gasteiger partial charge on any atom is -0.439 e. The molecule has 0 aliphatic rings. The maximum atomic E-state index is 13.0. The van der Waals surface area contributed by atoms with Crippen molar-refractivity contribution < 1.29 is 22.7 Å². The van der Waals surface area contributed by atoms with E-state index in [0.29, 0.717) is 23.0 Å². The molecule has 0 unspecified atom stereocenters. The maximum absolute atomic E-state index is 13.0. The second-order valence-electron chi connectivity index (χ2n) is 6.48. The third-order valence-corrected chi connectivity index (χ3v) is 4.47. The Morgan fingerprint density at radius 3 is 2.48 bits per heavy atom. The molecule has 0 aliphatic carbocycles. The van der Waals surface area contributed by atoms with Crippen LogP contribution in [0.2, 0.25) is 5.02 Å². The predicted octanol–water partition coefficient (Wildman–Crippen LogP) is 5.37. The number of ether oxygens (including phenoxy) is 1. The van der Waals surface area contributed by atoms with Crippen molar-refractivity contribution in [3.8, 4) is 23.1 Å². The van der Waals surface area contributed by atoms with Crippen LogP contribution >= 0.6 is 11.6 Å². The van der Waals surface area contributed by atoms with E-state index in [4.69, 9.17) is 16.3 Å². The van der Waals surface area contributed by atoms with Gasteiger partial charge in [-0.05, 0) is 30.3 Å². The summed E-state index contributed by atoms with van der Waals surface area (Å²) in [7, 11) is 0. The molecule has 4 aromatic rings. The van der Waals surface area contributed by atoms with E-state index in [0.717, 1.165) is 12.1 Å². The molecule has 4 rings (SSSR count). The fourth-order valence-electron chi connectivity index (χ4n) is 2.73. The number of alkyl halides is 3. The van der Waals surface area contributed by atoms with E-state index in [2.05, 4.69) is 35.8 Å². The number of nitrogens with zero attached hydrogens (tertiary/aromatic N) is 4. The Morgan fingerprint density at radius 2 is 1.76 bits per heavy atom. The topological polar surface area (TPSA) is 118 Å². The van der Waals surface area contributed by atoms with Crippen LogP contribution in [0.1, 0.15) is 5.56 Å². The van der Waals surface area contributed by atoms with E-state index in [1.165, 1.54) is 24.8 Å². The van der Waals surface area contributed by atoms with Crippen LogP contribution in [0.5, 0.6) is 11.6 Å². The van der Waals surface area contributed by atoms with Crippen molar-refractivity contribution in [1.29, 1.82) is 0 Å². The number of rotatable bonds is 5. The monoisotopic (exact) mass is 475 g/mol. The molecule has 0 atom stereocenters. The summed E-state index contributed by atoms with van der Waals surface area (Å²) in [5.41, 5.74) is -0.323. The lowest BCUT2D eigenvalue weighted by molar-refractivity contribution is -0.137. The van der Waals surface area contributed by atoms with Crippen LogP contribution < -0.4 is 15.4 Å². The van der Waals surface area contributed by atoms with Gasteiger partial charge < -0.3 is 15.4 Å². The number of halogens is 4. The smallest absolute Gasteiger partial charge is 0.417 e. The molecule has 0 spiro atoms. The fraction of sp³-hybridized carbons (Fsp3) is 0.0500. The lowest BCUT2D eigenvalue weighted by atomic mass is 10.2. The zero-order valence-corrected chi connectivity index (χ0v) is 17.1. The van der Waals surface area contributed by atoms with Gasteiger partial charge in [0, 0.05) is 23.5 Å². The molecule has 2 amide bonds. The van der Waals surface area contributed by atoms with Crippen molar-refractivity contribution in [3.05, 3.63) is 71.8 Å². The molecule has 0 fully saturated rings. The minimum atomic E-state index is -4.65. The number of aromatic amines is 1. The largest absolute Gasteiger partial charge is 0.439 e. The summed E-state index contributed by atoms with van der Waals surface area (Å²) >= 11 is 5.59. The number of nitrogens with one attached hydrogen (secondary N) is 3. The Morgan fingerprint density at radius 1 is 0.970 bits per heavy atom. The average molecular weight is 476 g/mol. The highest BCUT2D eigenvalue weighted by Gasteiger charge is 2.33. The zero-order valence-electron chi connectivity index (χ0n) is 16.4. The number of aromatic nitrogens is 5. The third-order valence-electron chi connectivity index (χ3n) is 4.14. The second kappa shape index (κ2) is 9.12. The first-order valence-corrected chi connectivity index (χ1v) is 9.56. The van der Waals surface area contributed by atoms with Crippen molar-refractivity contribution in [3.63, 3.8) is 0 Å². The molecule has 9 nitrogen and oxygen atoms in total. The summed E-state index contributed by atoms with van der Waals surface area (Å²) < 4.78 is 44.7. The van der Waals surface area contributed by atoms with Crippen LogP contribution in [0.4, 0.5) is 29.3 Å². The molecular formula is C20H13ClF3N7O2. The molecule has 33 heavy (non-hydrogen) atoms. The quantitative estimate of drug-likeness (QED) is 0.357. The summed E-state index contributed by atoms with van der Waals surface area (Å²) in [6.07, 6.45) is -2.01. The third kappa shape index (κ3) is 5.54. The molecule has 2 aromatic heterocycles. The van der Waals surface area contributed by atoms with E-state index in [1.54, 1.807) is 24.3 Å². The highest BCUT2D eigenvalue weighted by molar-refractivity contribution is 6.31. The highest BCUT2D eigenvalue weighted by atomic mass is 35.5. The number of hydrogen-bond acceptors (Lipinski definition) is 6. The minimum absolute atomic E-state index is 0.0717. The summed E-state index contributed by atoms with van der Waals surface area (Å²) in [6, 6.07) is 10.2. The summed E-state index contributed by atoms with van der Waals surface area (Å²) in [6.45, 7) is 0. The molecule has 0 saturated heterocycles. The first-order valence-electron chi connectivity index (χ1n) is 9.18. The molecular weight excluding hydrogens is 463 g/mol. The van der Waals surface area contributed by atoms with E-state index in [-0.39, 0.29) is 11.6 Å². The van der Waals surface area contributed by atoms with Crippen LogP contribution in [-0.4, -0.2) is 31.2 Å². The van der Waals surface area contributed by atoms with Crippen molar-refractivity contribution in [2.45, 2.75) is 6.18 Å². The van der Waals surface area contributed by atoms with Gasteiger partial charge in [0.15, 0.2) is 5.82 Å². The van der Waals surface area contributed by atoms with Crippen LogP contribution in [-0.2, 0) is 6.18 Å².